The molecule has 6 heteroatoms. The molecule has 1 aliphatic heterocycles. The van der Waals surface area contributed by atoms with Gasteiger partial charge in [-0.3, -0.25) is 14.5 Å². The summed E-state index contributed by atoms with van der Waals surface area (Å²) in [6, 6.07) is 9.66. The highest BCUT2D eigenvalue weighted by atomic mass is 16.5. The van der Waals surface area contributed by atoms with Gasteiger partial charge in [-0.25, -0.2) is 0 Å². The molecule has 0 N–H and O–H groups in total. The maximum Gasteiger partial charge on any atom is 0.232 e. The Kier molecular flexibility index (Phi) is 5.96. The second kappa shape index (κ2) is 8.69. The van der Waals surface area contributed by atoms with E-state index in [1.165, 1.54) is 0 Å². The van der Waals surface area contributed by atoms with E-state index in [1.54, 1.807) is 32.3 Å². The first-order valence-corrected chi connectivity index (χ1v) is 10.9. The second-order valence-corrected chi connectivity index (χ2v) is 8.36. The molecule has 0 radical (unpaired) electrons. The summed E-state index contributed by atoms with van der Waals surface area (Å²) < 4.78 is 16.6. The number of Topliss-reactive ketones (excluding diaryl/α,β-unsaturated/α-hetero) is 1. The van der Waals surface area contributed by atoms with Gasteiger partial charge in [-0.15, -0.1) is 0 Å². The van der Waals surface area contributed by atoms with Gasteiger partial charge in [-0.1, -0.05) is 12.1 Å². The summed E-state index contributed by atoms with van der Waals surface area (Å²) in [6.45, 7) is 4.01. The van der Waals surface area contributed by atoms with Crippen molar-refractivity contribution >= 4 is 17.4 Å². The van der Waals surface area contributed by atoms with Crippen molar-refractivity contribution in [3.63, 3.8) is 0 Å². The highest BCUT2D eigenvalue weighted by molar-refractivity contribution is 6.08. The molecule has 1 amide bonds. The maximum absolute atomic E-state index is 13.6. The zero-order chi connectivity index (χ0) is 23.0. The molecule has 1 unspecified atom stereocenters. The topological polar surface area (TPSA) is 65.1 Å². The Morgan fingerprint density at radius 1 is 0.875 bits per heavy atom. The lowest BCUT2D eigenvalue weighted by Gasteiger charge is -2.39. The van der Waals surface area contributed by atoms with Crippen LogP contribution in [0.4, 0.5) is 5.69 Å². The van der Waals surface area contributed by atoms with E-state index < -0.39 is 0 Å². The third-order valence-electron chi connectivity index (χ3n) is 6.39. The van der Waals surface area contributed by atoms with Crippen LogP contribution < -0.4 is 19.1 Å². The van der Waals surface area contributed by atoms with E-state index in [1.807, 2.05) is 38.1 Å². The van der Waals surface area contributed by atoms with Crippen LogP contribution in [0.5, 0.6) is 17.2 Å². The Morgan fingerprint density at radius 2 is 1.56 bits per heavy atom. The number of ketones is 1. The zero-order valence-electron chi connectivity index (χ0n) is 19.3. The minimum absolute atomic E-state index is 0.0195. The predicted molar refractivity (Wildman–Crippen MR) is 123 cm³/mol. The number of ether oxygens (including phenoxy) is 3. The van der Waals surface area contributed by atoms with Gasteiger partial charge in [-0.05, 0) is 49.9 Å². The number of allylic oxidation sites excluding steroid dienone is 2. The zero-order valence-corrected chi connectivity index (χ0v) is 19.3. The van der Waals surface area contributed by atoms with E-state index in [0.717, 1.165) is 34.5 Å². The predicted octanol–water partition coefficient (Wildman–Crippen LogP) is 4.86. The van der Waals surface area contributed by atoms with E-state index in [9.17, 15) is 9.59 Å². The first kappa shape index (κ1) is 21.9. The molecule has 0 aromatic heterocycles. The van der Waals surface area contributed by atoms with Crippen molar-refractivity contribution in [3.8, 4) is 17.2 Å². The van der Waals surface area contributed by atoms with Crippen LogP contribution in [0.3, 0.4) is 0 Å². The van der Waals surface area contributed by atoms with Gasteiger partial charge in [0.2, 0.25) is 5.91 Å². The molecule has 6 nitrogen and oxygen atoms in total. The number of amides is 1. The van der Waals surface area contributed by atoms with Crippen molar-refractivity contribution in [2.45, 2.75) is 45.4 Å². The van der Waals surface area contributed by atoms with Crippen LogP contribution in [0.15, 0.2) is 41.6 Å². The van der Waals surface area contributed by atoms with Crippen LogP contribution in [0, 0.1) is 13.8 Å². The normalized spacial score (nSPS) is 18.5. The SMILES string of the molecule is COc1cc(OC)c(C2CC(=O)N(c3cc(C)ccc3C)C3=C2C(=O)CCC3)cc1OC. The van der Waals surface area contributed by atoms with Crippen molar-refractivity contribution in [2.75, 3.05) is 26.2 Å². The molecule has 0 spiro atoms. The summed E-state index contributed by atoms with van der Waals surface area (Å²) in [7, 11) is 4.71. The molecule has 0 bridgehead atoms. The number of aryl methyl sites for hydroxylation is 2. The van der Waals surface area contributed by atoms with Gasteiger partial charge >= 0.3 is 0 Å². The number of rotatable bonds is 5. The third kappa shape index (κ3) is 3.64. The molecule has 2 aromatic carbocycles. The van der Waals surface area contributed by atoms with Crippen molar-refractivity contribution in [1.29, 1.82) is 0 Å². The minimum atomic E-state index is -0.388. The fourth-order valence-corrected chi connectivity index (χ4v) is 4.82. The first-order chi connectivity index (χ1) is 15.4. The van der Waals surface area contributed by atoms with Crippen LogP contribution in [0.2, 0.25) is 0 Å². The molecular weight excluding hydrogens is 406 g/mol. The lowest BCUT2D eigenvalue weighted by Crippen LogP contribution is -2.41. The van der Waals surface area contributed by atoms with Crippen molar-refractivity contribution < 1.29 is 23.8 Å². The summed E-state index contributed by atoms with van der Waals surface area (Å²) in [5, 5.41) is 0. The minimum Gasteiger partial charge on any atom is -0.496 e. The molecule has 32 heavy (non-hydrogen) atoms. The Labute approximate surface area is 188 Å². The maximum atomic E-state index is 13.6. The summed E-state index contributed by atoms with van der Waals surface area (Å²) in [4.78, 5) is 28.6. The molecule has 1 aliphatic carbocycles. The number of carbonyl (C=O) groups excluding carboxylic acids is 2. The number of benzene rings is 2. The van der Waals surface area contributed by atoms with Gasteiger partial charge < -0.3 is 14.2 Å². The van der Waals surface area contributed by atoms with Gasteiger partial charge in [0.1, 0.15) is 5.75 Å². The van der Waals surface area contributed by atoms with Crippen LogP contribution in [0.25, 0.3) is 0 Å². The van der Waals surface area contributed by atoms with Crippen molar-refractivity contribution in [2.24, 2.45) is 0 Å². The first-order valence-electron chi connectivity index (χ1n) is 10.9. The summed E-state index contributed by atoms with van der Waals surface area (Å²) in [5.41, 5.74) is 5.23. The molecule has 2 aliphatic rings. The van der Waals surface area contributed by atoms with E-state index in [4.69, 9.17) is 14.2 Å². The molecule has 168 valence electrons. The average Bonchev–Trinajstić information content (AvgIpc) is 2.79. The highest BCUT2D eigenvalue weighted by Gasteiger charge is 2.41. The summed E-state index contributed by atoms with van der Waals surface area (Å²) in [5.74, 6) is 1.34. The number of carbonyl (C=O) groups is 2. The molecule has 1 atom stereocenters. The van der Waals surface area contributed by atoms with Gasteiger partial charge in [0.25, 0.3) is 0 Å². The fraction of sp³-hybridized carbons (Fsp3) is 0.385. The number of nitrogens with zero attached hydrogens (tertiary/aromatic N) is 1. The van der Waals surface area contributed by atoms with Crippen LogP contribution in [-0.4, -0.2) is 33.0 Å². The van der Waals surface area contributed by atoms with Crippen molar-refractivity contribution in [1.82, 2.24) is 0 Å². The van der Waals surface area contributed by atoms with E-state index >= 15 is 0 Å². The number of hydrogen-bond acceptors (Lipinski definition) is 5. The van der Waals surface area contributed by atoms with Crippen LogP contribution in [0.1, 0.15) is 48.3 Å². The second-order valence-electron chi connectivity index (χ2n) is 8.36. The number of hydrogen-bond donors (Lipinski definition) is 0. The smallest absolute Gasteiger partial charge is 0.232 e. The fourth-order valence-electron chi connectivity index (χ4n) is 4.82. The summed E-state index contributed by atoms with van der Waals surface area (Å²) >= 11 is 0. The quantitative estimate of drug-likeness (QED) is 0.671. The molecule has 0 saturated carbocycles. The molecule has 0 saturated heterocycles. The summed E-state index contributed by atoms with van der Waals surface area (Å²) in [6.07, 6.45) is 2.10. The molecule has 1 heterocycles. The Hall–Kier alpha value is -3.28. The number of methoxy groups -OCH3 is 3. The number of anilines is 1. The average molecular weight is 436 g/mol. The van der Waals surface area contributed by atoms with E-state index in [2.05, 4.69) is 0 Å². The Morgan fingerprint density at radius 3 is 2.25 bits per heavy atom. The van der Waals surface area contributed by atoms with Gasteiger partial charge in [0.15, 0.2) is 17.3 Å². The molecule has 0 fully saturated rings. The lowest BCUT2D eigenvalue weighted by atomic mass is 9.76. The monoisotopic (exact) mass is 435 g/mol. The van der Waals surface area contributed by atoms with Crippen LogP contribution >= 0.6 is 0 Å². The lowest BCUT2D eigenvalue weighted by molar-refractivity contribution is -0.119. The van der Waals surface area contributed by atoms with E-state index in [0.29, 0.717) is 35.7 Å². The van der Waals surface area contributed by atoms with Crippen molar-refractivity contribution in [3.05, 3.63) is 58.3 Å². The van der Waals surface area contributed by atoms with E-state index in [-0.39, 0.29) is 24.0 Å². The molecule has 4 rings (SSSR count). The van der Waals surface area contributed by atoms with Gasteiger partial charge in [-0.2, -0.15) is 0 Å². The molecule has 2 aromatic rings. The standard InChI is InChI=1S/C26H29NO5/c1-15-9-10-16(2)20(11-15)27-19-7-6-8-21(28)26(19)18(13-25(27)29)17-12-23(31-4)24(32-5)14-22(17)30-3/h9-12,14,18H,6-8,13H2,1-5H3. The van der Waals surface area contributed by atoms with Gasteiger partial charge in [0, 0.05) is 41.7 Å². The third-order valence-corrected chi connectivity index (χ3v) is 6.39. The van der Waals surface area contributed by atoms with Crippen LogP contribution in [-0.2, 0) is 9.59 Å². The largest absolute Gasteiger partial charge is 0.496 e. The Bertz CT molecular complexity index is 1120. The van der Waals surface area contributed by atoms with Gasteiger partial charge in [0.05, 0.1) is 27.0 Å². The molecular formula is C26H29NO5. The Balaban J connectivity index is 1.92. The highest BCUT2D eigenvalue weighted by Crippen LogP contribution is 2.48.